The number of halogens is 3. The molecule has 1 aliphatic heterocycles. The number of ether oxygens (including phenoxy) is 1. The van der Waals surface area contributed by atoms with Crippen LogP contribution in [0.3, 0.4) is 0 Å². The zero-order valence-corrected chi connectivity index (χ0v) is 18.6. The number of benzene rings is 1. The van der Waals surface area contributed by atoms with Gasteiger partial charge in [0.2, 0.25) is 0 Å². The molecule has 1 saturated heterocycles. The maximum Gasteiger partial charge on any atom is 0.401 e. The number of hydrogen-bond donors (Lipinski definition) is 2. The molecule has 2 fully saturated rings. The highest BCUT2D eigenvalue weighted by Gasteiger charge is 2.43. The average molecular weight is 473 g/mol. The molecule has 2 aliphatic rings. The number of alkyl halides is 3. The number of nitrogens with zero attached hydrogens (tertiary/aromatic N) is 2. The maximum atomic E-state index is 12.6. The number of fused-ring (bicyclic) bond motifs is 2. The Bertz CT molecular complexity index is 1130. The van der Waals surface area contributed by atoms with Gasteiger partial charge >= 0.3 is 6.18 Å². The number of hydrogen-bond acceptors (Lipinski definition) is 4. The topological polar surface area (TPSA) is 70.2 Å². The summed E-state index contributed by atoms with van der Waals surface area (Å²) in [5.74, 6) is 1.67. The molecule has 1 saturated carbocycles. The average Bonchev–Trinajstić information content (AvgIpc) is 3.46. The smallest absolute Gasteiger partial charge is 0.401 e. The highest BCUT2D eigenvalue weighted by Crippen LogP contribution is 2.43. The second kappa shape index (κ2) is 9.29. The van der Waals surface area contributed by atoms with Crippen molar-refractivity contribution in [2.45, 2.75) is 25.4 Å². The van der Waals surface area contributed by atoms with E-state index in [4.69, 9.17) is 4.74 Å². The van der Waals surface area contributed by atoms with Crippen molar-refractivity contribution in [3.8, 4) is 5.75 Å². The van der Waals surface area contributed by atoms with Crippen LogP contribution in [0.5, 0.6) is 5.75 Å². The van der Waals surface area contributed by atoms with E-state index >= 15 is 0 Å². The molecule has 5 rings (SSSR count). The lowest BCUT2D eigenvalue weighted by Gasteiger charge is -2.20. The van der Waals surface area contributed by atoms with Crippen LogP contribution < -0.4 is 10.1 Å². The van der Waals surface area contributed by atoms with Crippen LogP contribution in [0.2, 0.25) is 0 Å². The molecular weight excluding hydrogens is 445 g/mol. The summed E-state index contributed by atoms with van der Waals surface area (Å²) in [6.07, 6.45) is 2.04. The van der Waals surface area contributed by atoms with Crippen LogP contribution in [0.15, 0.2) is 48.8 Å². The van der Waals surface area contributed by atoms with Crippen LogP contribution in [0, 0.1) is 17.8 Å². The van der Waals surface area contributed by atoms with E-state index in [2.05, 4.69) is 15.3 Å². The Kier molecular flexibility index (Phi) is 6.20. The van der Waals surface area contributed by atoms with Gasteiger partial charge < -0.3 is 15.0 Å². The third-order valence-corrected chi connectivity index (χ3v) is 6.92. The van der Waals surface area contributed by atoms with Gasteiger partial charge in [0, 0.05) is 36.4 Å². The zero-order chi connectivity index (χ0) is 23.7. The fourth-order valence-electron chi connectivity index (χ4n) is 5.46. The first-order chi connectivity index (χ1) is 16.3. The van der Waals surface area contributed by atoms with Crippen LogP contribution in [-0.4, -0.2) is 53.2 Å². The van der Waals surface area contributed by atoms with Crippen molar-refractivity contribution < 1.29 is 22.7 Å². The second-order valence-electron chi connectivity index (χ2n) is 9.38. The molecule has 2 aromatic heterocycles. The number of rotatable bonds is 7. The van der Waals surface area contributed by atoms with Crippen molar-refractivity contribution in [1.82, 2.24) is 14.9 Å². The Morgan fingerprint density at radius 1 is 1.18 bits per heavy atom. The van der Waals surface area contributed by atoms with Crippen LogP contribution in [-0.2, 0) is 0 Å². The van der Waals surface area contributed by atoms with Gasteiger partial charge in [-0.3, -0.25) is 14.7 Å². The lowest BCUT2D eigenvalue weighted by Crippen LogP contribution is -2.33. The van der Waals surface area contributed by atoms with Crippen molar-refractivity contribution in [2.75, 3.05) is 31.6 Å². The standard InChI is InChI=1S/C25H27F3N4O2/c26-25(27,28)15-32-13-17-9-16(10-18(17)14-32)6-8-34-19-4-5-21-20(11-19)23(12-30-21)31-24(33)22-3-1-2-7-29-22/h1-5,7,11-12,16-18,30H,6,8-10,13-15H2,(H,31,33)/t16?,17-,18+. The molecule has 3 aromatic rings. The van der Waals surface area contributed by atoms with Crippen LogP contribution >= 0.6 is 0 Å². The van der Waals surface area contributed by atoms with E-state index in [-0.39, 0.29) is 5.91 Å². The summed E-state index contributed by atoms with van der Waals surface area (Å²) in [5, 5.41) is 3.74. The number of likely N-dealkylation sites (tertiary alicyclic amines) is 1. The summed E-state index contributed by atoms with van der Waals surface area (Å²) in [6, 6.07) is 10.9. The SMILES string of the molecule is O=C(Nc1c[nH]c2ccc(OCCC3C[C@@H]4CN(CC(F)(F)F)C[C@@H]4C3)cc12)c1ccccn1. The Balaban J connectivity index is 1.13. The van der Waals surface area contributed by atoms with Gasteiger partial charge in [0.15, 0.2) is 0 Å². The van der Waals surface area contributed by atoms with E-state index in [1.807, 2.05) is 18.2 Å². The van der Waals surface area contributed by atoms with Gasteiger partial charge in [-0.2, -0.15) is 13.2 Å². The predicted molar refractivity (Wildman–Crippen MR) is 123 cm³/mol. The van der Waals surface area contributed by atoms with E-state index in [0.29, 0.717) is 48.8 Å². The molecule has 1 amide bonds. The monoisotopic (exact) mass is 472 g/mol. The molecule has 3 heterocycles. The molecule has 1 unspecified atom stereocenters. The Hall–Kier alpha value is -3.07. The van der Waals surface area contributed by atoms with Crippen LogP contribution in [0.25, 0.3) is 10.9 Å². The van der Waals surface area contributed by atoms with E-state index in [9.17, 15) is 18.0 Å². The number of carbonyl (C=O) groups is 1. The number of aromatic nitrogens is 2. The fraction of sp³-hybridized carbons (Fsp3) is 0.440. The molecule has 1 aliphatic carbocycles. The maximum absolute atomic E-state index is 12.6. The lowest BCUT2D eigenvalue weighted by atomic mass is 10.0. The van der Waals surface area contributed by atoms with Crippen LogP contribution in [0.1, 0.15) is 29.8 Å². The molecular formula is C25H27F3N4O2. The third kappa shape index (κ3) is 5.19. The number of carbonyl (C=O) groups excluding carboxylic acids is 1. The van der Waals surface area contributed by atoms with Gasteiger partial charge in [0.1, 0.15) is 11.4 Å². The van der Waals surface area contributed by atoms with Crippen molar-refractivity contribution >= 4 is 22.5 Å². The van der Waals surface area contributed by atoms with Crippen molar-refractivity contribution in [3.05, 3.63) is 54.5 Å². The number of anilines is 1. The predicted octanol–water partition coefficient (Wildman–Crippen LogP) is 5.10. The molecule has 6 nitrogen and oxygen atoms in total. The summed E-state index contributed by atoms with van der Waals surface area (Å²) in [7, 11) is 0. The molecule has 0 spiro atoms. The number of amides is 1. The fourth-order valence-corrected chi connectivity index (χ4v) is 5.46. The minimum atomic E-state index is -4.12. The third-order valence-electron chi connectivity index (χ3n) is 6.92. The first kappa shape index (κ1) is 22.7. The van der Waals surface area contributed by atoms with Gasteiger partial charge in [-0.15, -0.1) is 0 Å². The highest BCUT2D eigenvalue weighted by molar-refractivity contribution is 6.08. The molecule has 2 N–H and O–H groups in total. The van der Waals surface area contributed by atoms with E-state index in [1.54, 1.807) is 35.5 Å². The van der Waals surface area contributed by atoms with Gasteiger partial charge in [-0.25, -0.2) is 0 Å². The Morgan fingerprint density at radius 3 is 2.68 bits per heavy atom. The summed E-state index contributed by atoms with van der Waals surface area (Å²) in [6.45, 7) is 0.874. The summed E-state index contributed by atoms with van der Waals surface area (Å²) >= 11 is 0. The van der Waals surface area contributed by atoms with Gasteiger partial charge in [0.25, 0.3) is 5.91 Å². The number of pyridine rings is 1. The van der Waals surface area contributed by atoms with Crippen molar-refractivity contribution in [1.29, 1.82) is 0 Å². The summed E-state index contributed by atoms with van der Waals surface area (Å²) in [4.78, 5) is 21.2. The first-order valence-corrected chi connectivity index (χ1v) is 11.6. The lowest BCUT2D eigenvalue weighted by molar-refractivity contribution is -0.144. The normalized spacial score (nSPS) is 22.7. The Labute approximate surface area is 195 Å². The molecule has 9 heteroatoms. The minimum absolute atomic E-state index is 0.284. The summed E-state index contributed by atoms with van der Waals surface area (Å²) < 4.78 is 43.9. The number of nitrogens with one attached hydrogen (secondary N) is 2. The van der Waals surface area contributed by atoms with E-state index < -0.39 is 12.7 Å². The molecule has 0 bridgehead atoms. The number of aromatic amines is 1. The van der Waals surface area contributed by atoms with Crippen LogP contribution in [0.4, 0.5) is 18.9 Å². The largest absolute Gasteiger partial charge is 0.494 e. The van der Waals surface area contributed by atoms with Gasteiger partial charge in [-0.1, -0.05) is 6.07 Å². The molecule has 180 valence electrons. The van der Waals surface area contributed by atoms with E-state index in [0.717, 1.165) is 35.9 Å². The van der Waals surface area contributed by atoms with Crippen molar-refractivity contribution in [2.24, 2.45) is 17.8 Å². The minimum Gasteiger partial charge on any atom is -0.494 e. The Morgan fingerprint density at radius 2 is 1.97 bits per heavy atom. The summed E-state index contributed by atoms with van der Waals surface area (Å²) in [5.41, 5.74) is 1.88. The number of H-pyrrole nitrogens is 1. The highest BCUT2D eigenvalue weighted by atomic mass is 19.4. The molecule has 34 heavy (non-hydrogen) atoms. The van der Waals surface area contributed by atoms with Gasteiger partial charge in [0.05, 0.1) is 18.8 Å². The van der Waals surface area contributed by atoms with Crippen molar-refractivity contribution in [3.63, 3.8) is 0 Å². The zero-order valence-electron chi connectivity index (χ0n) is 18.6. The van der Waals surface area contributed by atoms with E-state index in [1.165, 1.54) is 0 Å². The molecule has 0 radical (unpaired) electrons. The molecule has 1 aromatic carbocycles. The quantitative estimate of drug-likeness (QED) is 0.502. The van der Waals surface area contributed by atoms with Gasteiger partial charge in [-0.05, 0) is 67.3 Å². The second-order valence-corrected chi connectivity index (χ2v) is 9.38. The molecule has 3 atom stereocenters. The first-order valence-electron chi connectivity index (χ1n) is 11.6.